The summed E-state index contributed by atoms with van der Waals surface area (Å²) in [5.41, 5.74) is 0. The lowest BCUT2D eigenvalue weighted by atomic mass is 9.79. The summed E-state index contributed by atoms with van der Waals surface area (Å²) in [6.45, 7) is 2.20. The molecule has 22 valence electrons. The average molecular weight is 72.7 g/mol. The van der Waals surface area contributed by atoms with Crippen molar-refractivity contribution in [2.24, 2.45) is 0 Å². The van der Waals surface area contributed by atoms with Gasteiger partial charge in [-0.3, -0.25) is 0 Å². The highest BCUT2D eigenvalue weighted by molar-refractivity contribution is 7.78. The first-order valence-corrected chi connectivity index (χ1v) is 2.94. The molecule has 0 rings (SSSR count). The third-order valence-corrected chi connectivity index (χ3v) is 0.866. The molecule has 0 aliphatic carbocycles. The molecule has 0 aliphatic heterocycles. The van der Waals surface area contributed by atoms with Crippen molar-refractivity contribution in [3.8, 4) is 0 Å². The molecule has 3 heteroatoms. The minimum absolute atomic E-state index is 0.162. The summed E-state index contributed by atoms with van der Waals surface area (Å²) in [5, 5.41) is 0. The van der Waals surface area contributed by atoms with Gasteiger partial charge in [0.1, 0.15) is 6.85 Å². The van der Waals surface area contributed by atoms with Gasteiger partial charge in [-0.15, -0.1) is 0 Å². The molecular formula is CH7B2P. The van der Waals surface area contributed by atoms with E-state index in [0.717, 1.165) is 8.46 Å². The van der Waals surface area contributed by atoms with E-state index in [4.69, 9.17) is 1.34 Å². The topological polar surface area (TPSA) is 0 Å². The first-order chi connectivity index (χ1) is 2.27. The van der Waals surface area contributed by atoms with Crippen molar-refractivity contribution in [1.29, 1.82) is 1.34 Å². The molecule has 0 aromatic carbocycles. The molecule has 0 fully saturated rings. The summed E-state index contributed by atoms with van der Waals surface area (Å²) in [5.74, 6) is 0. The quantitative estimate of drug-likeness (QED) is 0.281. The summed E-state index contributed by atoms with van der Waals surface area (Å²) in [4.78, 5) is 0. The van der Waals surface area contributed by atoms with Crippen LogP contribution in [-0.4, -0.2) is 22.6 Å². The number of hydrogen-bond donors (Lipinski definition) is 0. The summed E-state index contributed by atoms with van der Waals surface area (Å²) >= 11 is 0. The van der Waals surface area contributed by atoms with E-state index in [2.05, 4.69) is 0 Å². The highest BCUT2D eigenvalue weighted by Crippen LogP contribution is 1.89. The van der Waals surface area contributed by atoms with Crippen LogP contribution >= 0.6 is 8.46 Å². The van der Waals surface area contributed by atoms with Gasteiger partial charge in [0, 0.05) is 0 Å². The summed E-state index contributed by atoms with van der Waals surface area (Å²) in [7, 11) is 2.68. The molecule has 0 aromatic rings. The molecular weight excluding hydrogens is 64.6 g/mol. The van der Waals surface area contributed by atoms with Crippen molar-refractivity contribution in [3.05, 3.63) is 0 Å². The second-order valence-corrected chi connectivity index (χ2v) is 1.73. The van der Waals surface area contributed by atoms with Crippen LogP contribution in [-0.2, 0) is 0 Å². The van der Waals surface area contributed by atoms with Crippen LogP contribution in [0, 0.1) is 0 Å². The molecule has 0 saturated heterocycles. The van der Waals surface area contributed by atoms with Crippen molar-refractivity contribution in [2.75, 3.05) is 6.66 Å². The van der Waals surface area contributed by atoms with Crippen molar-refractivity contribution >= 4 is 23.0 Å². The molecule has 1 unspecified atom stereocenters. The minimum Gasteiger partial charge on any atom is -0.172 e. The first-order valence-electron chi connectivity index (χ1n) is 1.94. The molecule has 1 atom stereocenters. The highest BCUT2D eigenvalue weighted by atomic mass is 31.1. The average Bonchev–Trinajstić information content (AvgIpc) is 1.38. The fourth-order valence-electron chi connectivity index (χ4n) is 0. The molecule has 0 radical (unpaired) electrons. The fourth-order valence-corrected chi connectivity index (χ4v) is 0. The SMILES string of the molecule is [2H]B(B)PC. The van der Waals surface area contributed by atoms with E-state index < -0.39 is 0 Å². The van der Waals surface area contributed by atoms with Gasteiger partial charge in [-0.2, -0.15) is 8.46 Å². The standard InChI is InChI=1S/CH7B2P/c1-4-3-2/h3-4H,2H2,1H3/i3D. The number of rotatable bonds is 1. The zero-order valence-electron chi connectivity index (χ0n) is 4.08. The fraction of sp³-hybridized carbons (Fsp3) is 1.00. The predicted octanol–water partition coefficient (Wildman–Crippen LogP) is -0.806. The van der Waals surface area contributed by atoms with Gasteiger partial charge in [0.15, 0.2) is 0 Å². The van der Waals surface area contributed by atoms with E-state index >= 15 is 0 Å². The molecule has 0 amide bonds. The Bertz CT molecular complexity index is 23.6. The molecule has 0 heterocycles. The van der Waals surface area contributed by atoms with E-state index in [-0.39, 0.29) is 6.85 Å². The van der Waals surface area contributed by atoms with E-state index in [9.17, 15) is 0 Å². The van der Waals surface area contributed by atoms with Gasteiger partial charge in [0.25, 0.3) is 0 Å². The smallest absolute Gasteiger partial charge is 0.109 e. The van der Waals surface area contributed by atoms with Gasteiger partial charge in [-0.25, -0.2) is 0 Å². The van der Waals surface area contributed by atoms with E-state index in [1.807, 2.05) is 14.4 Å². The minimum atomic E-state index is 0.162. The Morgan fingerprint density at radius 2 is 2.75 bits per heavy atom. The van der Waals surface area contributed by atoms with Gasteiger partial charge in [-0.05, 0) is 1.34 Å². The Morgan fingerprint density at radius 3 is 2.75 bits per heavy atom. The predicted molar refractivity (Wildman–Crippen MR) is 29.9 cm³/mol. The van der Waals surface area contributed by atoms with Crippen LogP contribution in [0.4, 0.5) is 0 Å². The maximum Gasteiger partial charge on any atom is 0.109 e. The third kappa shape index (κ3) is 2.56. The van der Waals surface area contributed by atoms with Gasteiger partial charge in [0.05, 0.1) is 7.74 Å². The first kappa shape index (κ1) is 2.78. The zero-order valence-corrected chi connectivity index (χ0v) is 4.08. The van der Waals surface area contributed by atoms with Gasteiger partial charge in [-0.1, -0.05) is 6.66 Å². The van der Waals surface area contributed by atoms with Crippen molar-refractivity contribution in [3.63, 3.8) is 0 Å². The van der Waals surface area contributed by atoms with Crippen LogP contribution in [0.1, 0.15) is 0 Å². The van der Waals surface area contributed by atoms with Crippen LogP contribution in [0.25, 0.3) is 0 Å². The Kier molecular flexibility index (Phi) is 2.47. The second kappa shape index (κ2) is 3.56. The molecule has 0 aliphatic rings. The maximum atomic E-state index is 6.84. The molecule has 0 bridgehead atoms. The van der Waals surface area contributed by atoms with E-state index in [1.54, 1.807) is 0 Å². The summed E-state index contributed by atoms with van der Waals surface area (Å²) < 4.78 is 6.84. The van der Waals surface area contributed by atoms with Gasteiger partial charge < -0.3 is 0 Å². The van der Waals surface area contributed by atoms with Crippen LogP contribution in [0.15, 0.2) is 0 Å². The van der Waals surface area contributed by atoms with Crippen LogP contribution < -0.4 is 0 Å². The van der Waals surface area contributed by atoms with Gasteiger partial charge in [0.2, 0.25) is 0 Å². The van der Waals surface area contributed by atoms with Gasteiger partial charge >= 0.3 is 0 Å². The zero-order chi connectivity index (χ0) is 4.28. The lowest BCUT2D eigenvalue weighted by Gasteiger charge is -1.65. The lowest BCUT2D eigenvalue weighted by Crippen LogP contribution is -1.68. The third-order valence-electron chi connectivity index (χ3n) is 0.289. The molecule has 0 spiro atoms. The highest BCUT2D eigenvalue weighted by Gasteiger charge is 1.61. The van der Waals surface area contributed by atoms with E-state index in [0.29, 0.717) is 0 Å². The molecule has 0 N–H and O–H groups in total. The maximum absolute atomic E-state index is 6.84. The van der Waals surface area contributed by atoms with Crippen LogP contribution in [0.5, 0.6) is 0 Å². The van der Waals surface area contributed by atoms with Crippen LogP contribution in [0.2, 0.25) is 0 Å². The largest absolute Gasteiger partial charge is 0.172 e. The molecule has 0 saturated carbocycles. The van der Waals surface area contributed by atoms with Crippen LogP contribution in [0.3, 0.4) is 0 Å². The van der Waals surface area contributed by atoms with E-state index in [1.165, 1.54) is 0 Å². The normalized spacial score (nSPS) is 12.8. The van der Waals surface area contributed by atoms with Crippen molar-refractivity contribution in [1.82, 2.24) is 0 Å². The molecule has 0 aromatic heterocycles. The van der Waals surface area contributed by atoms with Crippen molar-refractivity contribution in [2.45, 2.75) is 0 Å². The summed E-state index contributed by atoms with van der Waals surface area (Å²) in [6.07, 6.45) is 0. The Hall–Kier alpha value is 0.560. The second-order valence-electron chi connectivity index (χ2n) is 0.577. The number of hydrogen-bond acceptors (Lipinski definition) is 0. The Morgan fingerprint density at radius 1 is 2.50 bits per heavy atom. The molecule has 4 heavy (non-hydrogen) atoms. The Labute approximate surface area is 32.1 Å². The van der Waals surface area contributed by atoms with Crippen molar-refractivity contribution < 1.29 is 0 Å². The molecule has 0 nitrogen and oxygen atoms in total. The monoisotopic (exact) mass is 73.1 g/mol. The lowest BCUT2D eigenvalue weighted by molar-refractivity contribution is 2.51. The summed E-state index contributed by atoms with van der Waals surface area (Å²) in [6, 6.07) is 0. The Balaban J connectivity index is 2.54.